The van der Waals surface area contributed by atoms with E-state index in [9.17, 15) is 14.7 Å². The number of fused-ring (bicyclic) bond motifs is 3. The van der Waals surface area contributed by atoms with Crippen LogP contribution >= 0.6 is 11.8 Å². The number of thioether (sulfide) groups is 1. The molecule has 134 valence electrons. The summed E-state index contributed by atoms with van der Waals surface area (Å²) < 4.78 is 0. The third-order valence-electron chi connectivity index (χ3n) is 4.73. The van der Waals surface area contributed by atoms with Gasteiger partial charge in [-0.1, -0.05) is 11.8 Å². The van der Waals surface area contributed by atoms with Crippen molar-refractivity contribution in [3.8, 4) is 0 Å². The Morgan fingerprint density at radius 3 is 2.96 bits per heavy atom. The summed E-state index contributed by atoms with van der Waals surface area (Å²) in [5.41, 5.74) is 0.966. The first-order valence-corrected chi connectivity index (χ1v) is 9.49. The molecule has 0 saturated carbocycles. The molecule has 1 atom stereocenters. The van der Waals surface area contributed by atoms with Crippen LogP contribution in [0.5, 0.6) is 0 Å². The highest BCUT2D eigenvalue weighted by molar-refractivity contribution is 7.98. The fraction of sp³-hybridized carbons (Fsp3) is 0.353. The molecule has 8 nitrogen and oxygen atoms in total. The molecule has 1 N–H and O–H groups in total. The predicted molar refractivity (Wildman–Crippen MR) is 97.1 cm³/mol. The number of carbonyl (C=O) groups is 2. The molecule has 26 heavy (non-hydrogen) atoms. The smallest absolute Gasteiger partial charge is 0.337 e. The average Bonchev–Trinajstić information content (AvgIpc) is 3.09. The van der Waals surface area contributed by atoms with Crippen LogP contribution in [0.3, 0.4) is 0 Å². The lowest BCUT2D eigenvalue weighted by Gasteiger charge is -2.26. The molecule has 0 bridgehead atoms. The Hall–Kier alpha value is -2.68. The topological polar surface area (TPSA) is 99.5 Å². The lowest BCUT2D eigenvalue weighted by atomic mass is 10.2. The van der Waals surface area contributed by atoms with Gasteiger partial charge < -0.3 is 14.9 Å². The molecule has 2 aliphatic rings. The maximum atomic E-state index is 13.2. The first-order chi connectivity index (χ1) is 12.6. The molecule has 1 amide bonds. The van der Waals surface area contributed by atoms with Crippen LogP contribution in [0.4, 0.5) is 11.5 Å². The van der Waals surface area contributed by atoms with E-state index in [-0.39, 0.29) is 17.5 Å². The number of carbonyl (C=O) groups excluding carboxylic acids is 1. The van der Waals surface area contributed by atoms with Crippen LogP contribution < -0.4 is 9.80 Å². The zero-order valence-corrected chi connectivity index (χ0v) is 14.9. The Morgan fingerprint density at radius 2 is 2.19 bits per heavy atom. The van der Waals surface area contributed by atoms with E-state index in [2.05, 4.69) is 19.9 Å². The molecule has 1 unspecified atom stereocenters. The van der Waals surface area contributed by atoms with Gasteiger partial charge in [0.1, 0.15) is 11.4 Å². The lowest BCUT2D eigenvalue weighted by Crippen LogP contribution is -2.40. The van der Waals surface area contributed by atoms with Gasteiger partial charge in [0.25, 0.3) is 5.91 Å². The molecular formula is C17H17N5O3S. The molecule has 4 heterocycles. The van der Waals surface area contributed by atoms with Crippen LogP contribution in [0.2, 0.25) is 0 Å². The molecule has 1 saturated heterocycles. The van der Waals surface area contributed by atoms with Gasteiger partial charge in [0, 0.05) is 31.5 Å². The number of aromatic carboxylic acids is 1. The standard InChI is InChI=1S/C17H17N5O3S/c1-26-17-19-8-13-14(20-17)21-4-2-3-11(21)9-22(15(13)23)12-5-10(16(24)25)6-18-7-12/h5-8,11H,2-4,9H2,1H3,(H,24,25). The summed E-state index contributed by atoms with van der Waals surface area (Å²) in [6.45, 7) is 1.31. The second kappa shape index (κ2) is 6.56. The minimum atomic E-state index is -1.07. The maximum Gasteiger partial charge on any atom is 0.337 e. The largest absolute Gasteiger partial charge is 0.478 e. The highest BCUT2D eigenvalue weighted by Gasteiger charge is 2.37. The van der Waals surface area contributed by atoms with E-state index < -0.39 is 5.97 Å². The number of nitrogens with zero attached hydrogens (tertiary/aromatic N) is 5. The summed E-state index contributed by atoms with van der Waals surface area (Å²) in [6, 6.07) is 1.62. The molecule has 9 heteroatoms. The lowest BCUT2D eigenvalue weighted by molar-refractivity contribution is 0.0696. The van der Waals surface area contributed by atoms with Gasteiger partial charge in [-0.05, 0) is 25.2 Å². The number of anilines is 2. The molecular weight excluding hydrogens is 354 g/mol. The van der Waals surface area contributed by atoms with E-state index in [1.54, 1.807) is 11.1 Å². The van der Waals surface area contributed by atoms with Gasteiger partial charge in [0.2, 0.25) is 0 Å². The van der Waals surface area contributed by atoms with Crippen molar-refractivity contribution in [3.05, 3.63) is 35.8 Å². The van der Waals surface area contributed by atoms with Crippen molar-refractivity contribution in [3.63, 3.8) is 0 Å². The quantitative estimate of drug-likeness (QED) is 0.645. The second-order valence-corrected chi connectivity index (χ2v) is 7.01. The average molecular weight is 371 g/mol. The molecule has 4 rings (SSSR count). The summed E-state index contributed by atoms with van der Waals surface area (Å²) in [6.07, 6.45) is 8.24. The molecule has 0 radical (unpaired) electrons. The van der Waals surface area contributed by atoms with E-state index in [4.69, 9.17) is 0 Å². The van der Waals surface area contributed by atoms with Crippen LogP contribution in [0, 0.1) is 0 Å². The van der Waals surface area contributed by atoms with E-state index in [0.29, 0.717) is 28.8 Å². The summed E-state index contributed by atoms with van der Waals surface area (Å²) in [5, 5.41) is 9.85. The van der Waals surface area contributed by atoms with Crippen molar-refractivity contribution < 1.29 is 14.7 Å². The number of carboxylic acids is 1. The first-order valence-electron chi connectivity index (χ1n) is 8.26. The van der Waals surface area contributed by atoms with Crippen LogP contribution in [0.1, 0.15) is 33.6 Å². The molecule has 2 aromatic heterocycles. The summed E-state index contributed by atoms with van der Waals surface area (Å²) in [5.74, 6) is -0.634. The third kappa shape index (κ3) is 2.78. The number of hydrogen-bond acceptors (Lipinski definition) is 7. The van der Waals surface area contributed by atoms with Gasteiger partial charge in [-0.25, -0.2) is 14.8 Å². The van der Waals surface area contributed by atoms with Crippen LogP contribution in [-0.2, 0) is 0 Å². The zero-order valence-electron chi connectivity index (χ0n) is 14.1. The summed E-state index contributed by atoms with van der Waals surface area (Å²) in [7, 11) is 0. The molecule has 2 aliphatic heterocycles. The van der Waals surface area contributed by atoms with Crippen molar-refractivity contribution in [2.24, 2.45) is 0 Å². The van der Waals surface area contributed by atoms with Gasteiger partial charge in [0.15, 0.2) is 5.16 Å². The van der Waals surface area contributed by atoms with E-state index >= 15 is 0 Å². The Kier molecular flexibility index (Phi) is 4.23. The first kappa shape index (κ1) is 16.8. The van der Waals surface area contributed by atoms with E-state index in [1.807, 2.05) is 6.26 Å². The Bertz CT molecular complexity index is 890. The molecule has 1 fully saturated rings. The number of carboxylic acid groups (broad SMARTS) is 1. The van der Waals surface area contributed by atoms with Crippen LogP contribution in [0.25, 0.3) is 0 Å². The minimum Gasteiger partial charge on any atom is -0.478 e. The van der Waals surface area contributed by atoms with Gasteiger partial charge in [-0.3, -0.25) is 9.78 Å². The molecule has 0 spiro atoms. The van der Waals surface area contributed by atoms with Gasteiger partial charge in [0.05, 0.1) is 17.4 Å². The van der Waals surface area contributed by atoms with Crippen molar-refractivity contribution in [1.29, 1.82) is 0 Å². The highest BCUT2D eigenvalue weighted by Crippen LogP contribution is 2.34. The second-order valence-electron chi connectivity index (χ2n) is 6.24. The summed E-state index contributed by atoms with van der Waals surface area (Å²) in [4.78, 5) is 41.0. The minimum absolute atomic E-state index is 0.0528. The van der Waals surface area contributed by atoms with Crippen molar-refractivity contribution in [2.45, 2.75) is 24.0 Å². The van der Waals surface area contributed by atoms with Gasteiger partial charge in [-0.2, -0.15) is 0 Å². The van der Waals surface area contributed by atoms with Crippen LogP contribution in [0.15, 0.2) is 29.8 Å². The highest BCUT2D eigenvalue weighted by atomic mass is 32.2. The van der Waals surface area contributed by atoms with Crippen LogP contribution in [-0.4, -0.2) is 57.3 Å². The number of amides is 1. The van der Waals surface area contributed by atoms with Crippen molar-refractivity contribution in [2.75, 3.05) is 29.1 Å². The number of aromatic nitrogens is 3. The number of rotatable bonds is 3. The number of hydrogen-bond donors (Lipinski definition) is 1. The molecule has 2 aromatic rings. The number of pyridine rings is 1. The monoisotopic (exact) mass is 371 g/mol. The van der Waals surface area contributed by atoms with Gasteiger partial charge in [-0.15, -0.1) is 0 Å². The van der Waals surface area contributed by atoms with Crippen molar-refractivity contribution in [1.82, 2.24) is 15.0 Å². The van der Waals surface area contributed by atoms with E-state index in [0.717, 1.165) is 19.4 Å². The Labute approximate surface area is 154 Å². The summed E-state index contributed by atoms with van der Waals surface area (Å²) >= 11 is 1.44. The molecule has 0 aliphatic carbocycles. The normalized spacial score (nSPS) is 19.1. The fourth-order valence-corrected chi connectivity index (χ4v) is 3.82. The van der Waals surface area contributed by atoms with Gasteiger partial charge >= 0.3 is 5.97 Å². The Balaban J connectivity index is 1.81. The van der Waals surface area contributed by atoms with Crippen molar-refractivity contribution >= 4 is 35.1 Å². The maximum absolute atomic E-state index is 13.2. The predicted octanol–water partition coefficient (Wildman–Crippen LogP) is 1.92. The zero-order chi connectivity index (χ0) is 18.3. The SMILES string of the molecule is CSc1ncc2c(n1)N1CCCC1CN(c1cncc(C(=O)O)c1)C2=O. The Morgan fingerprint density at radius 1 is 1.35 bits per heavy atom. The van der Waals surface area contributed by atoms with E-state index in [1.165, 1.54) is 30.2 Å². The fourth-order valence-electron chi connectivity index (χ4n) is 3.48. The third-order valence-corrected chi connectivity index (χ3v) is 5.29. The molecule has 0 aromatic carbocycles.